The molecule has 5 aromatic rings. The number of primary amides is 1. The SMILES string of the molecule is NC(=O)c1cccc2[nH]c(-c3ccc(-c4ccc(OCc5cccnc5)cc4)cc3)nc12. The van der Waals surface area contributed by atoms with Crippen LogP contribution in [0.4, 0.5) is 0 Å². The highest BCUT2D eigenvalue weighted by Crippen LogP contribution is 2.27. The summed E-state index contributed by atoms with van der Waals surface area (Å²) in [5, 5.41) is 0. The summed E-state index contributed by atoms with van der Waals surface area (Å²) in [4.78, 5) is 23.6. The van der Waals surface area contributed by atoms with E-state index in [-0.39, 0.29) is 0 Å². The van der Waals surface area contributed by atoms with E-state index in [9.17, 15) is 4.79 Å². The highest BCUT2D eigenvalue weighted by molar-refractivity contribution is 6.04. The Hall–Kier alpha value is -4.45. The van der Waals surface area contributed by atoms with Gasteiger partial charge in [0, 0.05) is 23.5 Å². The zero-order chi connectivity index (χ0) is 21.9. The van der Waals surface area contributed by atoms with Gasteiger partial charge in [0.2, 0.25) is 0 Å². The van der Waals surface area contributed by atoms with Crippen molar-refractivity contribution in [3.63, 3.8) is 0 Å². The number of rotatable bonds is 6. The van der Waals surface area contributed by atoms with Crippen molar-refractivity contribution in [1.29, 1.82) is 0 Å². The fourth-order valence-corrected chi connectivity index (χ4v) is 3.58. The van der Waals surface area contributed by atoms with Gasteiger partial charge in [0.1, 0.15) is 23.7 Å². The third-order valence-electron chi connectivity index (χ3n) is 5.25. The lowest BCUT2D eigenvalue weighted by Crippen LogP contribution is -2.11. The zero-order valence-corrected chi connectivity index (χ0v) is 17.2. The van der Waals surface area contributed by atoms with Crippen LogP contribution in [0.5, 0.6) is 5.75 Å². The number of ether oxygens (including phenoxy) is 1. The fraction of sp³-hybridized carbons (Fsp3) is 0.0385. The van der Waals surface area contributed by atoms with Gasteiger partial charge >= 0.3 is 0 Å². The van der Waals surface area contributed by atoms with Crippen LogP contribution in [0.1, 0.15) is 15.9 Å². The summed E-state index contributed by atoms with van der Waals surface area (Å²) in [6.07, 6.45) is 3.54. The number of fused-ring (bicyclic) bond motifs is 1. The Balaban J connectivity index is 1.33. The minimum Gasteiger partial charge on any atom is -0.489 e. The maximum atomic E-state index is 11.7. The number of carbonyl (C=O) groups excluding carboxylic acids is 1. The second kappa shape index (κ2) is 8.35. The number of para-hydroxylation sites is 1. The van der Waals surface area contributed by atoms with Gasteiger partial charge in [0.15, 0.2) is 0 Å². The van der Waals surface area contributed by atoms with Crippen LogP contribution < -0.4 is 10.5 Å². The van der Waals surface area contributed by atoms with Gasteiger partial charge < -0.3 is 15.5 Å². The lowest BCUT2D eigenvalue weighted by molar-refractivity contribution is 0.100. The number of H-pyrrole nitrogens is 1. The number of hydrogen-bond acceptors (Lipinski definition) is 4. The van der Waals surface area contributed by atoms with E-state index in [4.69, 9.17) is 10.5 Å². The van der Waals surface area contributed by atoms with E-state index in [1.165, 1.54) is 0 Å². The molecule has 6 heteroatoms. The molecule has 2 aromatic heterocycles. The minimum atomic E-state index is -0.489. The molecule has 0 aliphatic carbocycles. The van der Waals surface area contributed by atoms with E-state index in [2.05, 4.69) is 15.0 Å². The van der Waals surface area contributed by atoms with Crippen molar-refractivity contribution in [2.75, 3.05) is 0 Å². The first-order chi connectivity index (χ1) is 15.7. The van der Waals surface area contributed by atoms with Crippen LogP contribution in [0.15, 0.2) is 91.3 Å². The van der Waals surface area contributed by atoms with Crippen molar-refractivity contribution in [3.05, 3.63) is 102 Å². The first kappa shape index (κ1) is 19.5. The van der Waals surface area contributed by atoms with Gasteiger partial charge in [-0.2, -0.15) is 0 Å². The van der Waals surface area contributed by atoms with Crippen LogP contribution >= 0.6 is 0 Å². The predicted octanol–water partition coefficient (Wildman–Crippen LogP) is 4.97. The van der Waals surface area contributed by atoms with E-state index in [1.807, 2.05) is 66.7 Å². The molecule has 156 valence electrons. The van der Waals surface area contributed by atoms with Crippen molar-refractivity contribution < 1.29 is 9.53 Å². The van der Waals surface area contributed by atoms with Crippen LogP contribution in [-0.4, -0.2) is 20.9 Å². The Morgan fingerprint density at radius 2 is 1.59 bits per heavy atom. The number of benzene rings is 3. The van der Waals surface area contributed by atoms with E-state index in [0.29, 0.717) is 23.5 Å². The topological polar surface area (TPSA) is 93.9 Å². The molecular formula is C26H20N4O2. The molecule has 3 N–H and O–H groups in total. The third-order valence-corrected chi connectivity index (χ3v) is 5.25. The summed E-state index contributed by atoms with van der Waals surface area (Å²) in [6, 6.07) is 25.3. The number of aromatic amines is 1. The summed E-state index contributed by atoms with van der Waals surface area (Å²) >= 11 is 0. The Kier molecular flexibility index (Phi) is 5.09. The Morgan fingerprint density at radius 1 is 0.875 bits per heavy atom. The van der Waals surface area contributed by atoms with Crippen molar-refractivity contribution in [2.24, 2.45) is 5.73 Å². The lowest BCUT2D eigenvalue weighted by Gasteiger charge is -2.08. The van der Waals surface area contributed by atoms with Crippen LogP contribution in [-0.2, 0) is 6.61 Å². The second-order valence-corrected chi connectivity index (χ2v) is 7.40. The van der Waals surface area contributed by atoms with Gasteiger partial charge in [-0.05, 0) is 41.5 Å². The monoisotopic (exact) mass is 420 g/mol. The Morgan fingerprint density at radius 3 is 2.28 bits per heavy atom. The molecule has 2 heterocycles. The summed E-state index contributed by atoms with van der Waals surface area (Å²) in [6.45, 7) is 0.483. The number of imidazole rings is 1. The largest absolute Gasteiger partial charge is 0.489 e. The molecule has 5 rings (SSSR count). The van der Waals surface area contributed by atoms with Crippen LogP contribution in [0.2, 0.25) is 0 Å². The summed E-state index contributed by atoms with van der Waals surface area (Å²) in [7, 11) is 0. The van der Waals surface area contributed by atoms with E-state index < -0.39 is 5.91 Å². The summed E-state index contributed by atoms with van der Waals surface area (Å²) in [5.74, 6) is 1.01. The quantitative estimate of drug-likeness (QED) is 0.405. The lowest BCUT2D eigenvalue weighted by atomic mass is 10.0. The number of nitrogens with two attached hydrogens (primary N) is 1. The number of hydrogen-bond donors (Lipinski definition) is 2. The molecular weight excluding hydrogens is 400 g/mol. The van der Waals surface area contributed by atoms with Crippen molar-refractivity contribution >= 4 is 16.9 Å². The molecule has 6 nitrogen and oxygen atoms in total. The first-order valence-corrected chi connectivity index (χ1v) is 10.2. The van der Waals surface area contributed by atoms with Crippen LogP contribution in [0.25, 0.3) is 33.5 Å². The van der Waals surface area contributed by atoms with E-state index in [1.54, 1.807) is 24.5 Å². The molecule has 0 bridgehead atoms. The standard InChI is InChI=1S/C26H20N4O2/c27-25(31)22-4-1-5-23-24(22)30-26(29-23)20-8-6-18(7-9-20)19-10-12-21(13-11-19)32-16-17-3-2-14-28-15-17/h1-15H,16H2,(H2,27,31)(H,29,30). The fourth-order valence-electron chi connectivity index (χ4n) is 3.58. The average Bonchev–Trinajstić information content (AvgIpc) is 3.28. The molecule has 3 aromatic carbocycles. The van der Waals surface area contributed by atoms with Crippen LogP contribution in [0, 0.1) is 0 Å². The average molecular weight is 420 g/mol. The number of carbonyl (C=O) groups is 1. The Bertz CT molecular complexity index is 1380. The molecule has 0 fully saturated rings. The van der Waals surface area contributed by atoms with E-state index in [0.717, 1.165) is 33.5 Å². The van der Waals surface area contributed by atoms with Gasteiger partial charge in [-0.25, -0.2) is 4.98 Å². The molecule has 0 radical (unpaired) electrons. The number of pyridine rings is 1. The molecule has 0 aliphatic rings. The van der Waals surface area contributed by atoms with Gasteiger partial charge in [-0.15, -0.1) is 0 Å². The molecule has 0 spiro atoms. The molecule has 32 heavy (non-hydrogen) atoms. The molecule has 0 saturated carbocycles. The van der Waals surface area contributed by atoms with Gasteiger partial charge in [0.05, 0.1) is 11.1 Å². The van der Waals surface area contributed by atoms with Crippen molar-refractivity contribution in [3.8, 4) is 28.3 Å². The third kappa shape index (κ3) is 3.94. The molecule has 1 amide bonds. The summed E-state index contributed by atoms with van der Waals surface area (Å²) in [5.41, 5.74) is 11.4. The highest BCUT2D eigenvalue weighted by atomic mass is 16.5. The number of nitrogens with one attached hydrogen (secondary N) is 1. The predicted molar refractivity (Wildman–Crippen MR) is 124 cm³/mol. The molecule has 0 unspecified atom stereocenters. The van der Waals surface area contributed by atoms with Crippen LogP contribution in [0.3, 0.4) is 0 Å². The number of aromatic nitrogens is 3. The van der Waals surface area contributed by atoms with Gasteiger partial charge in [-0.1, -0.05) is 48.5 Å². The van der Waals surface area contributed by atoms with Gasteiger partial charge in [-0.3, -0.25) is 9.78 Å². The van der Waals surface area contributed by atoms with Crippen molar-refractivity contribution in [1.82, 2.24) is 15.0 Å². The molecule has 0 aliphatic heterocycles. The molecule has 0 atom stereocenters. The first-order valence-electron chi connectivity index (χ1n) is 10.2. The van der Waals surface area contributed by atoms with Gasteiger partial charge in [0.25, 0.3) is 5.91 Å². The van der Waals surface area contributed by atoms with Crippen molar-refractivity contribution in [2.45, 2.75) is 6.61 Å². The Labute approximate surface area is 184 Å². The highest BCUT2D eigenvalue weighted by Gasteiger charge is 2.12. The minimum absolute atomic E-state index is 0.410. The maximum absolute atomic E-state index is 11.7. The number of amides is 1. The number of nitrogens with zero attached hydrogens (tertiary/aromatic N) is 2. The second-order valence-electron chi connectivity index (χ2n) is 7.40. The normalized spacial score (nSPS) is 10.9. The molecule has 0 saturated heterocycles. The van der Waals surface area contributed by atoms with E-state index >= 15 is 0 Å². The zero-order valence-electron chi connectivity index (χ0n) is 17.2. The maximum Gasteiger partial charge on any atom is 0.250 e. The smallest absolute Gasteiger partial charge is 0.250 e. The summed E-state index contributed by atoms with van der Waals surface area (Å²) < 4.78 is 5.83.